The summed E-state index contributed by atoms with van der Waals surface area (Å²) in [6.45, 7) is 19.4. The number of unbranched alkanes of at least 4 members (excludes halogenated alkanes) is 24. The van der Waals surface area contributed by atoms with Gasteiger partial charge in [-0.25, -0.2) is 0 Å². The summed E-state index contributed by atoms with van der Waals surface area (Å²) in [4.78, 5) is 0. The Labute approximate surface area is 547 Å². The normalized spacial score (nSPS) is 39.5. The molecule has 0 radical (unpaired) electrons. The summed E-state index contributed by atoms with van der Waals surface area (Å²) in [5.74, 6) is 11.7. The van der Waals surface area contributed by atoms with Crippen LogP contribution in [0, 0.1) is 94.7 Å². The van der Waals surface area contributed by atoms with E-state index in [4.69, 9.17) is 42.5 Å². The molecule has 5 saturated heterocycles. The summed E-state index contributed by atoms with van der Waals surface area (Å²) in [6, 6.07) is 0. The van der Waals surface area contributed by atoms with Gasteiger partial charge in [0.25, 0.3) is 0 Å². The zero-order valence-electron chi connectivity index (χ0n) is 59.8. The van der Waals surface area contributed by atoms with Crippen LogP contribution in [0.4, 0.5) is 0 Å². The van der Waals surface area contributed by atoms with Crippen LogP contribution >= 0.6 is 0 Å². The Balaban J connectivity index is 1.17. The highest BCUT2D eigenvalue weighted by molar-refractivity contribution is 5.14. The monoisotopic (exact) mass is 1230 g/mol. The molecular weight excluding hydrogens is 1070 g/mol. The van der Waals surface area contributed by atoms with Crippen LogP contribution in [0.3, 0.4) is 0 Å². The minimum Gasteiger partial charge on any atom is -0.286 e. The lowest BCUT2D eigenvalue weighted by molar-refractivity contribution is 0.0367. The van der Waals surface area contributed by atoms with E-state index in [0.29, 0.717) is 96.7 Å². The van der Waals surface area contributed by atoms with Gasteiger partial charge in [-0.15, -0.1) is 0 Å². The standard InChI is InChI=1S/C80H152N8/c1-9-17-25-33-41-57-49-50-58(42-34-26-18-10-2)66-65(57)73-81-74(66)86-76-69-61(45-37-29-21-13-5)53-54-62(46-38-30-22-14-6)70(69)78(83-76)88-80-72-64(48-40-32-24-16-8)56-55-63(47-39-31-23-15-7)71(72)79(84-80)87-77-68-60(44-36-28-20-12-4)52-51-59(43-35-27-19-11-3)67(68)75(82-77)85-73/h57-88H,9-56H2,1-8H3. The molecule has 0 amide bonds. The molecule has 0 aromatic rings. The van der Waals surface area contributed by atoms with Crippen molar-refractivity contribution in [1.29, 1.82) is 0 Å². The van der Waals surface area contributed by atoms with Crippen LogP contribution in [0.1, 0.15) is 364 Å². The van der Waals surface area contributed by atoms with E-state index < -0.39 is 0 Å². The SMILES string of the molecule is CCCCCCC1CCC(CCCCCC)C2C3NC(NC4NC(NC5NC(NC6NC(N3)C3C(CCCCCC)CCC(CCCCCC)C63)C3C(CCCCCC)CCC(CCCCCC)C53)C3C(CCCCCC)CCC(CCCCCC)C43)C12. The molecule has 4 saturated carbocycles. The third-order valence-electron chi connectivity index (χ3n) is 27.1. The van der Waals surface area contributed by atoms with Crippen LogP contribution in [0.25, 0.3) is 0 Å². The Hall–Kier alpha value is -0.320. The van der Waals surface area contributed by atoms with Gasteiger partial charge in [-0.1, -0.05) is 312 Å². The van der Waals surface area contributed by atoms with Crippen molar-refractivity contribution in [2.24, 2.45) is 94.7 Å². The lowest BCUT2D eigenvalue weighted by Gasteiger charge is -2.46. The summed E-state index contributed by atoms with van der Waals surface area (Å²) in [6.07, 6.45) is 70.2. The topological polar surface area (TPSA) is 96.2 Å². The maximum atomic E-state index is 4.90. The molecule has 4 aliphatic carbocycles. The molecule has 9 fully saturated rings. The van der Waals surface area contributed by atoms with E-state index in [2.05, 4.69) is 55.4 Å². The summed E-state index contributed by atoms with van der Waals surface area (Å²) >= 11 is 0. The van der Waals surface area contributed by atoms with Crippen LogP contribution in [0.15, 0.2) is 0 Å². The molecule has 0 aromatic carbocycles. The van der Waals surface area contributed by atoms with Gasteiger partial charge in [-0.3, -0.25) is 42.5 Å². The second kappa shape index (κ2) is 39.0. The Morgan fingerprint density at radius 1 is 0.159 bits per heavy atom. The highest BCUT2D eigenvalue weighted by Crippen LogP contribution is 2.56. The fourth-order valence-electron chi connectivity index (χ4n) is 22.8. The van der Waals surface area contributed by atoms with Crippen molar-refractivity contribution in [2.75, 3.05) is 0 Å². The zero-order chi connectivity index (χ0) is 61.5. The Morgan fingerprint density at radius 2 is 0.273 bits per heavy atom. The molecule has 8 bridgehead atoms. The highest BCUT2D eigenvalue weighted by Gasteiger charge is 2.61. The fourth-order valence-corrected chi connectivity index (χ4v) is 22.8. The molecule has 88 heavy (non-hydrogen) atoms. The van der Waals surface area contributed by atoms with Crippen LogP contribution in [0.2, 0.25) is 0 Å². The predicted octanol–water partition coefficient (Wildman–Crippen LogP) is 20.2. The van der Waals surface area contributed by atoms with Crippen LogP contribution in [-0.4, -0.2) is 49.3 Å². The number of hydrogen-bond donors (Lipinski definition) is 8. The molecule has 8 nitrogen and oxygen atoms in total. The maximum absolute atomic E-state index is 4.90. The van der Waals surface area contributed by atoms with Crippen molar-refractivity contribution in [1.82, 2.24) is 42.5 Å². The minimum atomic E-state index is 0.332. The van der Waals surface area contributed by atoms with E-state index in [1.54, 1.807) is 0 Å². The smallest absolute Gasteiger partial charge is 0.0631 e. The summed E-state index contributed by atoms with van der Waals surface area (Å²) < 4.78 is 0. The van der Waals surface area contributed by atoms with E-state index in [1.165, 1.54) is 308 Å². The van der Waals surface area contributed by atoms with Gasteiger partial charge in [0, 0.05) is 0 Å². The number of nitrogens with one attached hydrogen (secondary N) is 8. The van der Waals surface area contributed by atoms with Crippen LogP contribution < -0.4 is 42.5 Å². The molecule has 16 atom stereocenters. The third kappa shape index (κ3) is 19.0. The second-order valence-electron chi connectivity index (χ2n) is 33.0. The number of rotatable bonds is 40. The Kier molecular flexibility index (Phi) is 31.9. The van der Waals surface area contributed by atoms with E-state index in [1.807, 2.05) is 0 Å². The van der Waals surface area contributed by atoms with Gasteiger partial charge < -0.3 is 0 Å². The number of hydrogen-bond acceptors (Lipinski definition) is 8. The molecule has 0 aromatic heterocycles. The first-order valence-corrected chi connectivity index (χ1v) is 41.5. The Morgan fingerprint density at radius 3 is 0.375 bits per heavy atom. The van der Waals surface area contributed by atoms with Crippen LogP contribution in [0.5, 0.6) is 0 Å². The molecule has 8 N–H and O–H groups in total. The van der Waals surface area contributed by atoms with Crippen molar-refractivity contribution in [2.45, 2.75) is 413 Å². The molecule has 0 spiro atoms. The lowest BCUT2D eigenvalue weighted by Crippen LogP contribution is -2.62. The van der Waals surface area contributed by atoms with E-state index >= 15 is 0 Å². The first-order chi connectivity index (χ1) is 43.4. The van der Waals surface area contributed by atoms with Crippen molar-refractivity contribution in [3.8, 4) is 0 Å². The minimum absolute atomic E-state index is 0.332. The van der Waals surface area contributed by atoms with Crippen molar-refractivity contribution < 1.29 is 0 Å². The van der Waals surface area contributed by atoms with Gasteiger partial charge in [0.2, 0.25) is 0 Å². The average molecular weight is 1230 g/mol. The summed E-state index contributed by atoms with van der Waals surface area (Å²) in [7, 11) is 0. The molecular formula is C80H152N8. The quantitative estimate of drug-likeness (QED) is 0.0288. The van der Waals surface area contributed by atoms with Gasteiger partial charge in [-0.05, 0) is 146 Å². The predicted molar refractivity (Wildman–Crippen MR) is 378 cm³/mol. The second-order valence-corrected chi connectivity index (χ2v) is 33.0. The molecule has 5 heterocycles. The average Bonchev–Trinajstić information content (AvgIpc) is 1.73. The molecule has 5 aliphatic heterocycles. The molecule has 9 aliphatic rings. The molecule has 16 unspecified atom stereocenters. The van der Waals surface area contributed by atoms with Gasteiger partial charge >= 0.3 is 0 Å². The zero-order valence-corrected chi connectivity index (χ0v) is 59.8. The van der Waals surface area contributed by atoms with E-state index in [9.17, 15) is 0 Å². The fraction of sp³-hybridized carbons (Fsp3) is 1.00. The molecule has 9 rings (SSSR count). The first-order valence-electron chi connectivity index (χ1n) is 41.5. The highest BCUT2D eigenvalue weighted by atomic mass is 15.4. The largest absolute Gasteiger partial charge is 0.286 e. The number of fused-ring (bicyclic) bond motifs is 20. The van der Waals surface area contributed by atoms with E-state index in [-0.39, 0.29) is 0 Å². The summed E-state index contributed by atoms with van der Waals surface area (Å²) in [5, 5.41) is 38.7. The van der Waals surface area contributed by atoms with Gasteiger partial charge in [-0.2, -0.15) is 0 Å². The van der Waals surface area contributed by atoms with Crippen LogP contribution in [-0.2, 0) is 0 Å². The van der Waals surface area contributed by atoms with Crippen molar-refractivity contribution >= 4 is 0 Å². The van der Waals surface area contributed by atoms with Gasteiger partial charge in [0.15, 0.2) is 0 Å². The molecule has 512 valence electrons. The summed E-state index contributed by atoms with van der Waals surface area (Å²) in [5.41, 5.74) is 0. The first kappa shape index (κ1) is 72.0. The molecule has 8 heteroatoms. The lowest BCUT2D eigenvalue weighted by atomic mass is 9.62. The Bertz CT molecular complexity index is 1450. The maximum Gasteiger partial charge on any atom is 0.0631 e. The van der Waals surface area contributed by atoms with Crippen molar-refractivity contribution in [3.63, 3.8) is 0 Å². The van der Waals surface area contributed by atoms with Gasteiger partial charge in [0.1, 0.15) is 0 Å². The third-order valence-corrected chi connectivity index (χ3v) is 27.1. The van der Waals surface area contributed by atoms with E-state index in [0.717, 1.165) is 47.3 Å². The van der Waals surface area contributed by atoms with Gasteiger partial charge in [0.05, 0.1) is 49.3 Å². The van der Waals surface area contributed by atoms with Crippen molar-refractivity contribution in [3.05, 3.63) is 0 Å².